The van der Waals surface area contributed by atoms with Crippen molar-refractivity contribution in [2.75, 3.05) is 6.61 Å². The van der Waals surface area contributed by atoms with Crippen LogP contribution in [-0.4, -0.2) is 18.0 Å². The van der Waals surface area contributed by atoms with Gasteiger partial charge in [-0.25, -0.2) is 0 Å². The average molecular weight is 288 g/mol. The number of rotatable bonds is 7. The Hall–Kier alpha value is 0.0800. The normalized spacial score (nSPS) is 14.1. The van der Waals surface area contributed by atoms with Gasteiger partial charge in [-0.05, 0) is 19.4 Å². The summed E-state index contributed by atoms with van der Waals surface area (Å²) in [6.45, 7) is 4.13. The molecule has 0 aromatic rings. The number of halogens is 3. The van der Waals surface area contributed by atoms with Gasteiger partial charge in [-0.15, -0.1) is 11.6 Å². The topological polar surface area (TPSA) is 26.3 Å². The Kier molecular flexibility index (Phi) is 9.19. The van der Waals surface area contributed by atoms with E-state index in [1.165, 1.54) is 0 Å². The Morgan fingerprint density at radius 1 is 1.38 bits per heavy atom. The van der Waals surface area contributed by atoms with Crippen LogP contribution in [0, 0.1) is 5.92 Å². The fourth-order valence-electron chi connectivity index (χ4n) is 1.31. The number of carbonyl (C=O) groups is 1. The van der Waals surface area contributed by atoms with Gasteiger partial charge in [0.15, 0.2) is 0 Å². The summed E-state index contributed by atoms with van der Waals surface area (Å²) in [5.41, 5.74) is 0. The van der Waals surface area contributed by atoms with Gasteiger partial charge in [0.25, 0.3) is 0 Å². The first kappa shape index (κ1) is 16.1. The van der Waals surface area contributed by atoms with E-state index in [1.54, 1.807) is 13.0 Å². The van der Waals surface area contributed by atoms with Crippen LogP contribution in [0.15, 0.2) is 10.6 Å². The van der Waals surface area contributed by atoms with Crippen LogP contribution >= 0.6 is 34.8 Å². The monoisotopic (exact) mass is 286 g/mol. The van der Waals surface area contributed by atoms with E-state index in [4.69, 9.17) is 39.5 Å². The lowest BCUT2D eigenvalue weighted by Crippen LogP contribution is -2.25. The van der Waals surface area contributed by atoms with Crippen molar-refractivity contribution in [3.8, 4) is 0 Å². The van der Waals surface area contributed by atoms with Crippen molar-refractivity contribution >= 4 is 40.8 Å². The van der Waals surface area contributed by atoms with E-state index in [2.05, 4.69) is 6.92 Å². The van der Waals surface area contributed by atoms with Crippen molar-refractivity contribution in [3.05, 3.63) is 10.6 Å². The Morgan fingerprint density at radius 2 is 2.00 bits per heavy atom. The first-order valence-electron chi connectivity index (χ1n) is 5.36. The molecule has 0 aromatic carbocycles. The molecule has 0 rings (SSSR count). The third-order valence-electron chi connectivity index (χ3n) is 2.12. The van der Waals surface area contributed by atoms with Crippen molar-refractivity contribution in [1.29, 1.82) is 0 Å². The number of esters is 1. The molecule has 0 saturated carbocycles. The molecule has 0 aliphatic heterocycles. The third-order valence-corrected chi connectivity index (χ3v) is 2.87. The summed E-state index contributed by atoms with van der Waals surface area (Å²) in [5.74, 6) is -0.596. The van der Waals surface area contributed by atoms with Gasteiger partial charge in [0.1, 0.15) is 9.87 Å². The third kappa shape index (κ3) is 6.62. The minimum atomic E-state index is -0.723. The maximum atomic E-state index is 11.5. The molecule has 0 saturated heterocycles. The minimum Gasteiger partial charge on any atom is -0.465 e. The average Bonchev–Trinajstić information content (AvgIpc) is 2.23. The number of alkyl halides is 1. The second-order valence-electron chi connectivity index (χ2n) is 3.42. The number of ether oxygens (including phenoxy) is 1. The van der Waals surface area contributed by atoms with Crippen molar-refractivity contribution in [2.24, 2.45) is 5.92 Å². The fraction of sp³-hybridized carbons (Fsp3) is 0.727. The van der Waals surface area contributed by atoms with E-state index in [0.717, 1.165) is 19.3 Å². The van der Waals surface area contributed by atoms with E-state index in [9.17, 15) is 4.79 Å². The molecule has 2 nitrogen and oxygen atoms in total. The highest BCUT2D eigenvalue weighted by molar-refractivity contribution is 6.55. The molecule has 0 amide bonds. The smallest absolute Gasteiger partial charge is 0.324 e. The predicted octanol–water partition coefficient (Wildman–Crippen LogP) is 4.28. The first-order valence-corrected chi connectivity index (χ1v) is 6.55. The zero-order valence-electron chi connectivity index (χ0n) is 9.51. The summed E-state index contributed by atoms with van der Waals surface area (Å²) in [4.78, 5) is 11.5. The van der Waals surface area contributed by atoms with E-state index < -0.39 is 11.3 Å². The standard InChI is InChI=1S/C11H17Cl3O2/c1-3-5-6-8(7-9(12)13)10(14)11(15)16-4-2/h7-8,10H,3-6H2,1-2H3. The zero-order valence-corrected chi connectivity index (χ0v) is 11.8. The summed E-state index contributed by atoms with van der Waals surface area (Å²) >= 11 is 17.2. The fourth-order valence-corrected chi connectivity index (χ4v) is 1.90. The molecule has 0 aliphatic carbocycles. The largest absolute Gasteiger partial charge is 0.465 e. The zero-order chi connectivity index (χ0) is 12.6. The molecule has 94 valence electrons. The van der Waals surface area contributed by atoms with Crippen LogP contribution in [0.25, 0.3) is 0 Å². The molecule has 0 heterocycles. The maximum absolute atomic E-state index is 11.5. The molecule has 5 heteroatoms. The molecule has 2 unspecified atom stereocenters. The number of carbonyl (C=O) groups excluding carboxylic acids is 1. The van der Waals surface area contributed by atoms with Crippen LogP contribution in [0.4, 0.5) is 0 Å². The lowest BCUT2D eigenvalue weighted by molar-refractivity contribution is -0.143. The van der Waals surface area contributed by atoms with Gasteiger partial charge in [-0.3, -0.25) is 4.79 Å². The summed E-state index contributed by atoms with van der Waals surface area (Å²) in [5, 5.41) is -0.723. The van der Waals surface area contributed by atoms with Crippen molar-refractivity contribution in [2.45, 2.75) is 38.5 Å². The van der Waals surface area contributed by atoms with Crippen LogP contribution in [-0.2, 0) is 9.53 Å². The molecular formula is C11H17Cl3O2. The van der Waals surface area contributed by atoms with Gasteiger partial charge in [0.05, 0.1) is 6.61 Å². The molecule has 2 atom stereocenters. The van der Waals surface area contributed by atoms with Gasteiger partial charge in [0.2, 0.25) is 0 Å². The van der Waals surface area contributed by atoms with Crippen LogP contribution in [0.1, 0.15) is 33.1 Å². The van der Waals surface area contributed by atoms with Crippen LogP contribution in [0.3, 0.4) is 0 Å². The van der Waals surface area contributed by atoms with Crippen LogP contribution < -0.4 is 0 Å². The summed E-state index contributed by atoms with van der Waals surface area (Å²) in [7, 11) is 0. The first-order chi connectivity index (χ1) is 7.52. The molecule has 0 bridgehead atoms. The molecular weight excluding hydrogens is 270 g/mol. The highest BCUT2D eigenvalue weighted by Gasteiger charge is 2.25. The highest BCUT2D eigenvalue weighted by atomic mass is 35.5. The molecule has 0 N–H and O–H groups in total. The Balaban J connectivity index is 4.48. The number of hydrogen-bond donors (Lipinski definition) is 0. The quantitative estimate of drug-likeness (QED) is 0.516. The Labute approximate surface area is 112 Å². The Bertz CT molecular complexity index is 237. The number of allylic oxidation sites excluding steroid dienone is 1. The minimum absolute atomic E-state index is 0.135. The molecule has 0 fully saturated rings. The van der Waals surface area contributed by atoms with Gasteiger partial charge in [0, 0.05) is 5.92 Å². The number of hydrogen-bond acceptors (Lipinski definition) is 2. The highest BCUT2D eigenvalue weighted by Crippen LogP contribution is 2.24. The van der Waals surface area contributed by atoms with Gasteiger partial charge < -0.3 is 4.74 Å². The van der Waals surface area contributed by atoms with Crippen molar-refractivity contribution < 1.29 is 9.53 Å². The molecule has 16 heavy (non-hydrogen) atoms. The molecule has 0 aliphatic rings. The molecule has 0 spiro atoms. The molecule has 0 radical (unpaired) electrons. The van der Waals surface area contributed by atoms with Gasteiger partial charge >= 0.3 is 5.97 Å². The summed E-state index contributed by atoms with van der Waals surface area (Å²) < 4.78 is 5.00. The predicted molar refractivity (Wildman–Crippen MR) is 69.1 cm³/mol. The Morgan fingerprint density at radius 3 is 2.44 bits per heavy atom. The summed E-state index contributed by atoms with van der Waals surface area (Å²) in [6, 6.07) is 0. The SMILES string of the molecule is CCCCC(C=C(Cl)Cl)C(Cl)C(=O)OCC. The lowest BCUT2D eigenvalue weighted by atomic mass is 9.98. The van der Waals surface area contributed by atoms with E-state index in [0.29, 0.717) is 6.61 Å². The van der Waals surface area contributed by atoms with E-state index >= 15 is 0 Å². The van der Waals surface area contributed by atoms with E-state index in [1.807, 2.05) is 0 Å². The van der Waals surface area contributed by atoms with Crippen LogP contribution in [0.5, 0.6) is 0 Å². The summed E-state index contributed by atoms with van der Waals surface area (Å²) in [6.07, 6.45) is 4.36. The van der Waals surface area contributed by atoms with Gasteiger partial charge in [-0.2, -0.15) is 0 Å². The van der Waals surface area contributed by atoms with E-state index in [-0.39, 0.29) is 10.4 Å². The second kappa shape index (κ2) is 9.15. The van der Waals surface area contributed by atoms with Gasteiger partial charge in [-0.1, -0.05) is 43.0 Å². The maximum Gasteiger partial charge on any atom is 0.324 e. The van der Waals surface area contributed by atoms with Crippen molar-refractivity contribution in [3.63, 3.8) is 0 Å². The lowest BCUT2D eigenvalue weighted by Gasteiger charge is -2.17. The van der Waals surface area contributed by atoms with Crippen molar-refractivity contribution in [1.82, 2.24) is 0 Å². The van der Waals surface area contributed by atoms with Crippen LogP contribution in [0.2, 0.25) is 0 Å². The number of unbranched alkanes of at least 4 members (excludes halogenated alkanes) is 1. The molecule has 0 aromatic heterocycles. The second-order valence-corrected chi connectivity index (χ2v) is 4.89.